The molecular weight excluding hydrogens is 148 g/mol. The predicted octanol–water partition coefficient (Wildman–Crippen LogP) is 0.811. The number of aromatic nitrogens is 1. The zero-order valence-corrected chi connectivity index (χ0v) is 6.66. The van der Waals surface area contributed by atoms with Crippen molar-refractivity contribution in [2.24, 2.45) is 0 Å². The first-order chi connectivity index (χ1) is 4.74. The van der Waals surface area contributed by atoms with Gasteiger partial charge < -0.3 is 5.32 Å². The van der Waals surface area contributed by atoms with Crippen LogP contribution >= 0.6 is 11.3 Å². The Bertz CT molecular complexity index is 244. The lowest BCUT2D eigenvalue weighted by Gasteiger charge is -1.89. The summed E-state index contributed by atoms with van der Waals surface area (Å²) in [5, 5.41) is 3.03. The van der Waals surface area contributed by atoms with Gasteiger partial charge in [0, 0.05) is 18.1 Å². The van der Waals surface area contributed by atoms with Gasteiger partial charge in [-0.25, -0.2) is 4.98 Å². The van der Waals surface area contributed by atoms with Crippen molar-refractivity contribution in [2.45, 2.75) is 6.92 Å². The maximum absolute atomic E-state index is 10.9. The summed E-state index contributed by atoms with van der Waals surface area (Å²) < 4.78 is 0. The number of rotatable bonds is 1. The lowest BCUT2D eigenvalue weighted by molar-refractivity contribution is 0.0962. The number of nitrogens with zero attached hydrogens (tertiary/aromatic N) is 1. The number of hydrogen-bond acceptors (Lipinski definition) is 3. The first-order valence-electron chi connectivity index (χ1n) is 2.88. The van der Waals surface area contributed by atoms with Crippen molar-refractivity contribution in [3.63, 3.8) is 0 Å². The second-order valence-corrected chi connectivity index (χ2v) is 3.09. The summed E-state index contributed by atoms with van der Waals surface area (Å²) >= 11 is 1.40. The minimum Gasteiger partial charge on any atom is -0.353 e. The Morgan fingerprint density at radius 3 is 2.90 bits per heavy atom. The molecule has 1 N–H and O–H groups in total. The highest BCUT2D eigenvalue weighted by Gasteiger charge is 2.05. The molecule has 10 heavy (non-hydrogen) atoms. The molecule has 54 valence electrons. The average Bonchev–Trinajstić information content (AvgIpc) is 2.34. The first kappa shape index (κ1) is 7.21. The van der Waals surface area contributed by atoms with Crippen LogP contribution < -0.4 is 5.32 Å². The van der Waals surface area contributed by atoms with Crippen LogP contribution in [0.5, 0.6) is 0 Å². The monoisotopic (exact) mass is 156 g/mol. The van der Waals surface area contributed by atoms with Crippen LogP contribution in [-0.2, 0) is 0 Å². The summed E-state index contributed by atoms with van der Waals surface area (Å²) in [4.78, 5) is 15.8. The maximum atomic E-state index is 10.9. The second-order valence-electron chi connectivity index (χ2n) is 1.86. The Hall–Kier alpha value is -0.900. The molecule has 0 aliphatic carbocycles. The van der Waals surface area contributed by atoms with Gasteiger partial charge in [0.1, 0.15) is 0 Å². The Labute approximate surface area is 63.1 Å². The quantitative estimate of drug-likeness (QED) is 0.653. The number of carbonyl (C=O) groups excluding carboxylic acids is 1. The van der Waals surface area contributed by atoms with Crippen LogP contribution in [0.25, 0.3) is 0 Å². The Morgan fingerprint density at radius 2 is 2.50 bits per heavy atom. The molecule has 0 saturated carbocycles. The van der Waals surface area contributed by atoms with E-state index in [2.05, 4.69) is 10.3 Å². The zero-order chi connectivity index (χ0) is 7.56. The third-order valence-electron chi connectivity index (χ3n) is 1.04. The van der Waals surface area contributed by atoms with Crippen molar-refractivity contribution in [2.75, 3.05) is 7.05 Å². The summed E-state index contributed by atoms with van der Waals surface area (Å²) in [7, 11) is 1.60. The molecule has 0 bridgehead atoms. The molecule has 1 heterocycles. The van der Waals surface area contributed by atoms with Crippen LogP contribution in [0.3, 0.4) is 0 Å². The molecule has 3 nitrogen and oxygen atoms in total. The number of carbonyl (C=O) groups is 1. The second kappa shape index (κ2) is 2.79. The van der Waals surface area contributed by atoms with Crippen molar-refractivity contribution in [1.29, 1.82) is 0 Å². The Morgan fingerprint density at radius 1 is 1.80 bits per heavy atom. The van der Waals surface area contributed by atoms with E-state index in [9.17, 15) is 4.79 Å². The van der Waals surface area contributed by atoms with E-state index in [4.69, 9.17) is 0 Å². The van der Waals surface area contributed by atoms with Crippen LogP contribution in [0.2, 0.25) is 0 Å². The van der Waals surface area contributed by atoms with E-state index in [0.717, 1.165) is 4.88 Å². The highest BCUT2D eigenvalue weighted by molar-refractivity contribution is 7.13. The van der Waals surface area contributed by atoms with Crippen LogP contribution in [0.1, 0.15) is 14.7 Å². The third kappa shape index (κ3) is 1.33. The topological polar surface area (TPSA) is 42.0 Å². The fourth-order valence-corrected chi connectivity index (χ4v) is 1.28. The fourth-order valence-electron chi connectivity index (χ4n) is 0.567. The fraction of sp³-hybridized carbons (Fsp3) is 0.333. The van der Waals surface area contributed by atoms with E-state index in [-0.39, 0.29) is 5.91 Å². The van der Waals surface area contributed by atoms with Gasteiger partial charge in [0.15, 0.2) is 5.01 Å². The summed E-state index contributed by atoms with van der Waals surface area (Å²) in [5.74, 6) is -0.113. The maximum Gasteiger partial charge on any atom is 0.280 e. The van der Waals surface area contributed by atoms with Gasteiger partial charge in [-0.05, 0) is 6.92 Å². The largest absolute Gasteiger partial charge is 0.353 e. The van der Waals surface area contributed by atoms with Crippen molar-refractivity contribution in [3.05, 3.63) is 16.1 Å². The minimum absolute atomic E-state index is 0.113. The zero-order valence-electron chi connectivity index (χ0n) is 5.84. The molecule has 0 atom stereocenters. The molecular formula is C6H8N2OS. The number of aryl methyl sites for hydroxylation is 1. The van der Waals surface area contributed by atoms with Gasteiger partial charge in [-0.2, -0.15) is 0 Å². The van der Waals surface area contributed by atoms with Gasteiger partial charge >= 0.3 is 0 Å². The third-order valence-corrected chi connectivity index (χ3v) is 1.95. The molecule has 1 amide bonds. The summed E-state index contributed by atoms with van der Waals surface area (Å²) in [6.45, 7) is 1.92. The van der Waals surface area contributed by atoms with E-state index >= 15 is 0 Å². The van der Waals surface area contributed by atoms with E-state index < -0.39 is 0 Å². The Kier molecular flexibility index (Phi) is 2.01. The van der Waals surface area contributed by atoms with Gasteiger partial charge in [-0.1, -0.05) is 0 Å². The van der Waals surface area contributed by atoms with Gasteiger partial charge in [0.2, 0.25) is 0 Å². The number of amides is 1. The molecule has 1 aromatic heterocycles. The highest BCUT2D eigenvalue weighted by Crippen LogP contribution is 2.09. The highest BCUT2D eigenvalue weighted by atomic mass is 32.1. The van der Waals surface area contributed by atoms with Gasteiger partial charge in [-0.15, -0.1) is 11.3 Å². The SMILES string of the molecule is CNC(=O)c1ncc(C)s1. The number of hydrogen-bond donors (Lipinski definition) is 1. The molecule has 4 heteroatoms. The molecule has 0 radical (unpaired) electrons. The molecule has 0 aliphatic rings. The van der Waals surface area contributed by atoms with E-state index in [1.165, 1.54) is 11.3 Å². The lowest BCUT2D eigenvalue weighted by Crippen LogP contribution is -2.17. The normalized spacial score (nSPS) is 9.40. The summed E-state index contributed by atoms with van der Waals surface area (Å²) in [5.41, 5.74) is 0. The predicted molar refractivity (Wildman–Crippen MR) is 40.2 cm³/mol. The van der Waals surface area contributed by atoms with Gasteiger partial charge in [0.25, 0.3) is 5.91 Å². The summed E-state index contributed by atoms with van der Waals surface area (Å²) in [6.07, 6.45) is 1.69. The van der Waals surface area contributed by atoms with E-state index in [1.54, 1.807) is 13.2 Å². The van der Waals surface area contributed by atoms with Crippen LogP contribution in [0.4, 0.5) is 0 Å². The first-order valence-corrected chi connectivity index (χ1v) is 3.70. The molecule has 0 spiro atoms. The van der Waals surface area contributed by atoms with Gasteiger partial charge in [-0.3, -0.25) is 4.79 Å². The Balaban J connectivity index is 2.85. The number of thiazole rings is 1. The minimum atomic E-state index is -0.113. The van der Waals surface area contributed by atoms with Crippen molar-refractivity contribution < 1.29 is 4.79 Å². The van der Waals surface area contributed by atoms with Crippen LogP contribution in [-0.4, -0.2) is 17.9 Å². The van der Waals surface area contributed by atoms with Gasteiger partial charge in [0.05, 0.1) is 0 Å². The molecule has 0 unspecified atom stereocenters. The lowest BCUT2D eigenvalue weighted by atomic mass is 10.6. The van der Waals surface area contributed by atoms with Crippen LogP contribution in [0.15, 0.2) is 6.20 Å². The van der Waals surface area contributed by atoms with Crippen molar-refractivity contribution >= 4 is 17.2 Å². The average molecular weight is 156 g/mol. The number of nitrogens with one attached hydrogen (secondary N) is 1. The standard InChI is InChI=1S/C6H8N2OS/c1-4-3-8-6(10-4)5(9)7-2/h3H,1-2H3,(H,7,9). The van der Waals surface area contributed by atoms with E-state index in [1.807, 2.05) is 6.92 Å². The van der Waals surface area contributed by atoms with E-state index in [0.29, 0.717) is 5.01 Å². The molecule has 0 saturated heterocycles. The molecule has 1 rings (SSSR count). The molecule has 0 aromatic carbocycles. The smallest absolute Gasteiger partial charge is 0.280 e. The summed E-state index contributed by atoms with van der Waals surface area (Å²) in [6, 6.07) is 0. The molecule has 1 aromatic rings. The molecule has 0 aliphatic heterocycles. The van der Waals surface area contributed by atoms with Crippen molar-refractivity contribution in [1.82, 2.24) is 10.3 Å². The molecule has 0 fully saturated rings. The van der Waals surface area contributed by atoms with Crippen LogP contribution in [0, 0.1) is 6.92 Å². The van der Waals surface area contributed by atoms with Crippen molar-refractivity contribution in [3.8, 4) is 0 Å².